The van der Waals surface area contributed by atoms with Crippen LogP contribution in [0.2, 0.25) is 15.1 Å². The van der Waals surface area contributed by atoms with Crippen molar-refractivity contribution in [2.75, 3.05) is 10.6 Å². The van der Waals surface area contributed by atoms with Crippen molar-refractivity contribution in [2.24, 2.45) is 0 Å². The minimum Gasteiger partial charge on any atom is -0.506 e. The Hall–Kier alpha value is -3.31. The van der Waals surface area contributed by atoms with Crippen LogP contribution >= 0.6 is 34.8 Å². The second-order valence-electron chi connectivity index (χ2n) is 7.91. The SMILES string of the molecule is CCC(C(=O)Nc1cc(O)c(NC(=O)c2cc(Cl)c(OC(C)=O)c(Cl)c2)cc1Cl)S(=O)(=O)c1ccccc1. The maximum Gasteiger partial charge on any atom is 0.308 e. The molecule has 0 aliphatic carbocycles. The van der Waals surface area contributed by atoms with Crippen LogP contribution in [0.5, 0.6) is 11.5 Å². The molecule has 0 spiro atoms. The van der Waals surface area contributed by atoms with Crippen LogP contribution in [0.25, 0.3) is 0 Å². The molecule has 0 saturated heterocycles. The van der Waals surface area contributed by atoms with E-state index in [0.717, 1.165) is 13.0 Å². The van der Waals surface area contributed by atoms with Crippen LogP contribution in [-0.2, 0) is 19.4 Å². The highest BCUT2D eigenvalue weighted by molar-refractivity contribution is 7.92. The highest BCUT2D eigenvalue weighted by atomic mass is 35.5. The first-order valence-corrected chi connectivity index (χ1v) is 13.6. The summed E-state index contributed by atoms with van der Waals surface area (Å²) in [6.45, 7) is 2.72. The number of carbonyl (C=O) groups is 3. The molecule has 0 saturated carbocycles. The molecule has 0 bridgehead atoms. The molecule has 0 aliphatic heterocycles. The van der Waals surface area contributed by atoms with E-state index in [1.54, 1.807) is 25.1 Å². The molecule has 1 atom stereocenters. The first-order valence-electron chi connectivity index (χ1n) is 11.0. The third-order valence-corrected chi connectivity index (χ3v) is 8.31. The van der Waals surface area contributed by atoms with Crippen LogP contribution in [0.1, 0.15) is 30.6 Å². The second kappa shape index (κ2) is 12.0. The van der Waals surface area contributed by atoms with Gasteiger partial charge in [-0.25, -0.2) is 8.42 Å². The van der Waals surface area contributed by atoms with Gasteiger partial charge in [0.25, 0.3) is 5.91 Å². The van der Waals surface area contributed by atoms with Crippen LogP contribution in [0, 0.1) is 0 Å². The van der Waals surface area contributed by atoms with Crippen molar-refractivity contribution in [1.82, 2.24) is 0 Å². The lowest BCUT2D eigenvalue weighted by molar-refractivity contribution is -0.131. The summed E-state index contributed by atoms with van der Waals surface area (Å²) in [6, 6.07) is 12.2. The predicted molar refractivity (Wildman–Crippen MR) is 145 cm³/mol. The molecule has 0 aromatic heterocycles. The number of hydrogen-bond donors (Lipinski definition) is 3. The molecular weight excluding hydrogens is 579 g/mol. The lowest BCUT2D eigenvalue weighted by atomic mass is 10.2. The molecule has 38 heavy (non-hydrogen) atoms. The molecule has 9 nitrogen and oxygen atoms in total. The number of halogens is 3. The lowest BCUT2D eigenvalue weighted by Gasteiger charge is -2.17. The van der Waals surface area contributed by atoms with Gasteiger partial charge in [-0.2, -0.15) is 0 Å². The third kappa shape index (κ3) is 6.57. The predicted octanol–water partition coefficient (Wildman–Crippen LogP) is 5.72. The number of phenolic OH excluding ortho intramolecular Hbond substituents is 1. The molecule has 0 heterocycles. The summed E-state index contributed by atoms with van der Waals surface area (Å²) in [5.41, 5.74) is -0.190. The Morgan fingerprint density at radius 3 is 2.08 bits per heavy atom. The number of anilines is 2. The Morgan fingerprint density at radius 2 is 1.53 bits per heavy atom. The molecule has 3 aromatic carbocycles. The van der Waals surface area contributed by atoms with Gasteiger partial charge in [-0.3, -0.25) is 14.4 Å². The second-order valence-corrected chi connectivity index (χ2v) is 11.3. The molecule has 0 fully saturated rings. The van der Waals surface area contributed by atoms with Crippen molar-refractivity contribution in [2.45, 2.75) is 30.4 Å². The smallest absolute Gasteiger partial charge is 0.308 e. The highest BCUT2D eigenvalue weighted by Crippen LogP contribution is 2.37. The minimum absolute atomic E-state index is 0.00454. The van der Waals surface area contributed by atoms with Gasteiger partial charge in [0.2, 0.25) is 5.91 Å². The summed E-state index contributed by atoms with van der Waals surface area (Å²) < 4.78 is 30.8. The normalized spacial score (nSPS) is 11.9. The van der Waals surface area contributed by atoms with Gasteiger partial charge in [-0.05, 0) is 36.8 Å². The molecule has 13 heteroatoms. The van der Waals surface area contributed by atoms with Crippen molar-refractivity contribution >= 4 is 73.8 Å². The number of carbonyl (C=O) groups excluding carboxylic acids is 3. The molecule has 2 amide bonds. The Balaban J connectivity index is 1.81. The van der Waals surface area contributed by atoms with Gasteiger partial charge in [0.15, 0.2) is 15.6 Å². The van der Waals surface area contributed by atoms with Crippen molar-refractivity contribution in [3.8, 4) is 11.5 Å². The van der Waals surface area contributed by atoms with E-state index in [2.05, 4.69) is 10.6 Å². The summed E-state index contributed by atoms with van der Waals surface area (Å²) in [5, 5.41) is 13.6. The van der Waals surface area contributed by atoms with E-state index in [4.69, 9.17) is 39.5 Å². The molecule has 0 aliphatic rings. The van der Waals surface area contributed by atoms with Gasteiger partial charge < -0.3 is 20.5 Å². The van der Waals surface area contributed by atoms with Crippen molar-refractivity contribution in [3.05, 3.63) is 75.2 Å². The van der Waals surface area contributed by atoms with Gasteiger partial charge in [0.1, 0.15) is 11.0 Å². The zero-order chi connectivity index (χ0) is 28.2. The van der Waals surface area contributed by atoms with Gasteiger partial charge in [-0.1, -0.05) is 59.9 Å². The molecule has 0 radical (unpaired) electrons. The van der Waals surface area contributed by atoms with Gasteiger partial charge >= 0.3 is 5.97 Å². The van der Waals surface area contributed by atoms with Gasteiger partial charge in [-0.15, -0.1) is 0 Å². The molecule has 3 rings (SSSR count). The van der Waals surface area contributed by atoms with E-state index in [9.17, 15) is 27.9 Å². The summed E-state index contributed by atoms with van der Waals surface area (Å²) in [4.78, 5) is 36.8. The number of rotatable bonds is 8. The standard InChI is InChI=1S/C25H21Cl3N2O7S/c1-3-22(38(35,36)15-7-5-4-6-8-15)25(34)29-19-12-21(32)20(11-16(19)26)30-24(33)14-9-17(27)23(18(28)10-14)37-13(2)31/h4-12,22,32H,3H2,1-2H3,(H,29,34)(H,30,33). The number of aromatic hydroxyl groups is 1. The number of benzene rings is 3. The van der Waals surface area contributed by atoms with Gasteiger partial charge in [0.05, 0.1) is 31.3 Å². The molecule has 3 N–H and O–H groups in total. The fraction of sp³-hybridized carbons (Fsp3) is 0.160. The number of hydrogen-bond acceptors (Lipinski definition) is 7. The third-order valence-electron chi connectivity index (χ3n) is 5.21. The summed E-state index contributed by atoms with van der Waals surface area (Å²) >= 11 is 18.4. The fourth-order valence-corrected chi connectivity index (χ4v) is 5.84. The molecular formula is C25H21Cl3N2O7S. The first kappa shape index (κ1) is 29.2. The number of esters is 1. The number of phenols is 1. The van der Waals surface area contributed by atoms with Crippen LogP contribution < -0.4 is 15.4 Å². The van der Waals surface area contributed by atoms with Crippen molar-refractivity contribution < 1.29 is 32.6 Å². The lowest BCUT2D eigenvalue weighted by Crippen LogP contribution is -2.34. The largest absolute Gasteiger partial charge is 0.506 e. The van der Waals surface area contributed by atoms with Crippen LogP contribution in [0.4, 0.5) is 11.4 Å². The van der Waals surface area contributed by atoms with Crippen molar-refractivity contribution in [1.29, 1.82) is 0 Å². The zero-order valence-electron chi connectivity index (χ0n) is 19.9. The summed E-state index contributed by atoms with van der Waals surface area (Å²) in [6.07, 6.45) is -0.0117. The van der Waals surface area contributed by atoms with Crippen LogP contribution in [0.3, 0.4) is 0 Å². The topological polar surface area (TPSA) is 139 Å². The molecule has 200 valence electrons. The number of nitrogens with one attached hydrogen (secondary N) is 2. The molecule has 3 aromatic rings. The first-order chi connectivity index (χ1) is 17.8. The monoisotopic (exact) mass is 598 g/mol. The Kier molecular flexibility index (Phi) is 9.26. The molecule has 1 unspecified atom stereocenters. The van der Waals surface area contributed by atoms with E-state index in [1.807, 2.05) is 0 Å². The van der Waals surface area contributed by atoms with Crippen LogP contribution in [-0.4, -0.2) is 36.6 Å². The number of ether oxygens (including phenoxy) is 1. The maximum absolute atomic E-state index is 12.9. The van der Waals surface area contributed by atoms with E-state index in [1.165, 1.54) is 30.3 Å². The zero-order valence-corrected chi connectivity index (χ0v) is 23.0. The van der Waals surface area contributed by atoms with Crippen LogP contribution in [0.15, 0.2) is 59.5 Å². The van der Waals surface area contributed by atoms with E-state index in [-0.39, 0.29) is 49.1 Å². The Bertz CT molecular complexity index is 1490. The minimum atomic E-state index is -3.99. The Labute approximate surface area is 233 Å². The van der Waals surface area contributed by atoms with E-state index < -0.39 is 38.6 Å². The maximum atomic E-state index is 12.9. The number of amides is 2. The Morgan fingerprint density at radius 1 is 0.921 bits per heavy atom. The highest BCUT2D eigenvalue weighted by Gasteiger charge is 2.33. The average Bonchev–Trinajstić information content (AvgIpc) is 2.85. The van der Waals surface area contributed by atoms with Crippen molar-refractivity contribution in [3.63, 3.8) is 0 Å². The fourth-order valence-electron chi connectivity index (χ4n) is 3.42. The number of sulfone groups is 1. The van der Waals surface area contributed by atoms with Gasteiger partial charge in [0, 0.05) is 18.6 Å². The summed E-state index contributed by atoms with van der Waals surface area (Å²) in [7, 11) is -3.99. The van der Waals surface area contributed by atoms with E-state index >= 15 is 0 Å². The van der Waals surface area contributed by atoms with E-state index in [0.29, 0.717) is 0 Å². The summed E-state index contributed by atoms with van der Waals surface area (Å²) in [5.74, 6) is -2.80. The average molecular weight is 600 g/mol. The quantitative estimate of drug-likeness (QED) is 0.171.